The lowest BCUT2D eigenvalue weighted by Crippen LogP contribution is -2.30. The number of hydrogen-bond donors (Lipinski definition) is 1. The Morgan fingerprint density at radius 3 is 2.64 bits per heavy atom. The van der Waals surface area contributed by atoms with Gasteiger partial charge in [0.15, 0.2) is 0 Å². The van der Waals surface area contributed by atoms with Crippen LogP contribution in [-0.2, 0) is 0 Å². The second kappa shape index (κ2) is 5.59. The van der Waals surface area contributed by atoms with E-state index >= 15 is 0 Å². The summed E-state index contributed by atoms with van der Waals surface area (Å²) < 4.78 is 0. The van der Waals surface area contributed by atoms with Crippen molar-refractivity contribution in [2.45, 2.75) is 30.2 Å². The van der Waals surface area contributed by atoms with E-state index in [1.807, 2.05) is 19.2 Å². The van der Waals surface area contributed by atoms with Gasteiger partial charge in [0, 0.05) is 17.5 Å². The van der Waals surface area contributed by atoms with Crippen LogP contribution < -0.4 is 5.32 Å². The molecule has 0 saturated carbocycles. The third-order valence-electron chi connectivity index (χ3n) is 2.17. The van der Waals surface area contributed by atoms with E-state index in [9.17, 15) is 0 Å². The van der Waals surface area contributed by atoms with Gasteiger partial charge in [-0.1, -0.05) is 18.5 Å². The van der Waals surface area contributed by atoms with Crippen molar-refractivity contribution in [1.82, 2.24) is 10.3 Å². The number of rotatable bonds is 4. The largest absolute Gasteiger partial charge is 0.316 e. The van der Waals surface area contributed by atoms with E-state index in [2.05, 4.69) is 24.1 Å². The standard InChI is InChI=1S/C10H15ClN2S/c1-7(12-3)8(2)14-10-5-4-9(11)6-13-10/h4-8,12H,1-3H3. The molecule has 0 saturated heterocycles. The van der Waals surface area contributed by atoms with Gasteiger partial charge in [-0.2, -0.15) is 0 Å². The zero-order chi connectivity index (χ0) is 10.6. The molecule has 0 fully saturated rings. The highest BCUT2D eigenvalue weighted by atomic mass is 35.5. The van der Waals surface area contributed by atoms with Crippen LogP contribution in [0.4, 0.5) is 0 Å². The van der Waals surface area contributed by atoms with Crippen molar-refractivity contribution in [3.63, 3.8) is 0 Å². The molecule has 78 valence electrons. The maximum absolute atomic E-state index is 5.75. The Bertz CT molecular complexity index is 276. The summed E-state index contributed by atoms with van der Waals surface area (Å²) in [7, 11) is 1.97. The van der Waals surface area contributed by atoms with Gasteiger partial charge in [-0.05, 0) is 26.1 Å². The molecule has 1 rings (SSSR count). The van der Waals surface area contributed by atoms with Gasteiger partial charge in [0.1, 0.15) is 0 Å². The highest BCUT2D eigenvalue weighted by molar-refractivity contribution is 7.99. The van der Waals surface area contributed by atoms with Crippen LogP contribution in [0.2, 0.25) is 5.02 Å². The van der Waals surface area contributed by atoms with Crippen LogP contribution in [0, 0.1) is 0 Å². The molecule has 0 amide bonds. The van der Waals surface area contributed by atoms with Gasteiger partial charge in [0.05, 0.1) is 10.0 Å². The predicted octanol–water partition coefficient (Wildman–Crippen LogP) is 2.82. The molecule has 1 heterocycles. The molecule has 0 aliphatic carbocycles. The second-order valence-corrected chi connectivity index (χ2v) is 5.05. The van der Waals surface area contributed by atoms with E-state index in [4.69, 9.17) is 11.6 Å². The summed E-state index contributed by atoms with van der Waals surface area (Å²) in [5, 5.41) is 5.42. The second-order valence-electron chi connectivity index (χ2n) is 3.21. The van der Waals surface area contributed by atoms with Crippen molar-refractivity contribution >= 4 is 23.4 Å². The fraction of sp³-hybridized carbons (Fsp3) is 0.500. The van der Waals surface area contributed by atoms with Crippen LogP contribution >= 0.6 is 23.4 Å². The summed E-state index contributed by atoms with van der Waals surface area (Å²) in [6.07, 6.45) is 1.68. The fourth-order valence-corrected chi connectivity index (χ4v) is 2.05. The number of hydrogen-bond acceptors (Lipinski definition) is 3. The van der Waals surface area contributed by atoms with Crippen molar-refractivity contribution in [3.05, 3.63) is 23.4 Å². The van der Waals surface area contributed by atoms with Crippen LogP contribution in [0.15, 0.2) is 23.4 Å². The molecule has 2 atom stereocenters. The molecule has 14 heavy (non-hydrogen) atoms. The molecular formula is C10H15ClN2S. The summed E-state index contributed by atoms with van der Waals surface area (Å²) in [4.78, 5) is 4.24. The molecule has 0 aromatic carbocycles. The van der Waals surface area contributed by atoms with Crippen molar-refractivity contribution in [2.24, 2.45) is 0 Å². The van der Waals surface area contributed by atoms with Gasteiger partial charge in [-0.3, -0.25) is 0 Å². The number of halogens is 1. The zero-order valence-electron chi connectivity index (χ0n) is 8.62. The zero-order valence-corrected chi connectivity index (χ0v) is 10.2. The van der Waals surface area contributed by atoms with Gasteiger partial charge in [0.25, 0.3) is 0 Å². The number of aromatic nitrogens is 1. The van der Waals surface area contributed by atoms with Crippen LogP contribution in [0.5, 0.6) is 0 Å². The molecule has 1 aromatic rings. The highest BCUT2D eigenvalue weighted by Gasteiger charge is 2.11. The SMILES string of the molecule is CNC(C)C(C)Sc1ccc(Cl)cn1. The lowest BCUT2D eigenvalue weighted by atomic mass is 10.3. The van der Waals surface area contributed by atoms with Gasteiger partial charge in [-0.25, -0.2) is 4.98 Å². The van der Waals surface area contributed by atoms with E-state index in [1.165, 1.54) is 0 Å². The minimum atomic E-state index is 0.470. The Morgan fingerprint density at radius 1 is 1.43 bits per heavy atom. The third-order valence-corrected chi connectivity index (χ3v) is 3.65. The maximum Gasteiger partial charge on any atom is 0.0964 e. The Morgan fingerprint density at radius 2 is 2.14 bits per heavy atom. The van der Waals surface area contributed by atoms with Crippen LogP contribution in [-0.4, -0.2) is 23.3 Å². The Kier molecular flexibility index (Phi) is 4.72. The van der Waals surface area contributed by atoms with Crippen LogP contribution in [0.3, 0.4) is 0 Å². The first-order valence-electron chi connectivity index (χ1n) is 4.59. The van der Waals surface area contributed by atoms with E-state index < -0.39 is 0 Å². The lowest BCUT2D eigenvalue weighted by molar-refractivity contribution is 0.605. The molecule has 0 bridgehead atoms. The third kappa shape index (κ3) is 3.48. The smallest absolute Gasteiger partial charge is 0.0964 e. The maximum atomic E-state index is 5.75. The fourth-order valence-electron chi connectivity index (χ4n) is 0.959. The Labute approximate surface area is 94.5 Å². The van der Waals surface area contributed by atoms with Crippen LogP contribution in [0.1, 0.15) is 13.8 Å². The topological polar surface area (TPSA) is 24.9 Å². The van der Waals surface area contributed by atoms with Crippen molar-refractivity contribution in [3.8, 4) is 0 Å². The predicted molar refractivity (Wildman–Crippen MR) is 63.1 cm³/mol. The van der Waals surface area contributed by atoms with Gasteiger partial charge >= 0.3 is 0 Å². The molecule has 2 unspecified atom stereocenters. The number of nitrogens with zero attached hydrogens (tertiary/aromatic N) is 1. The van der Waals surface area contributed by atoms with Crippen molar-refractivity contribution in [1.29, 1.82) is 0 Å². The molecule has 0 aliphatic rings. The van der Waals surface area contributed by atoms with Gasteiger partial charge in [-0.15, -0.1) is 11.8 Å². The van der Waals surface area contributed by atoms with E-state index in [-0.39, 0.29) is 0 Å². The summed E-state index contributed by atoms with van der Waals surface area (Å²) in [6, 6.07) is 4.29. The molecule has 1 N–H and O–H groups in total. The van der Waals surface area contributed by atoms with Gasteiger partial charge < -0.3 is 5.32 Å². The van der Waals surface area contributed by atoms with Crippen molar-refractivity contribution < 1.29 is 0 Å². The normalized spacial score (nSPS) is 15.1. The van der Waals surface area contributed by atoms with E-state index in [0.717, 1.165) is 5.03 Å². The average Bonchev–Trinajstić information content (AvgIpc) is 2.20. The molecule has 0 radical (unpaired) electrons. The molecule has 4 heteroatoms. The van der Waals surface area contributed by atoms with Crippen LogP contribution in [0.25, 0.3) is 0 Å². The summed E-state index contributed by atoms with van der Waals surface area (Å²) in [5.41, 5.74) is 0. The first-order valence-corrected chi connectivity index (χ1v) is 5.84. The molecule has 0 spiro atoms. The summed E-state index contributed by atoms with van der Waals surface area (Å²) in [6.45, 7) is 4.34. The average molecular weight is 231 g/mol. The molecule has 2 nitrogen and oxygen atoms in total. The Balaban J connectivity index is 2.56. The quantitative estimate of drug-likeness (QED) is 0.806. The number of nitrogens with one attached hydrogen (secondary N) is 1. The minimum absolute atomic E-state index is 0.470. The minimum Gasteiger partial charge on any atom is -0.316 e. The summed E-state index contributed by atoms with van der Waals surface area (Å²) in [5.74, 6) is 0. The van der Waals surface area contributed by atoms with E-state index in [1.54, 1.807) is 18.0 Å². The molecule has 1 aromatic heterocycles. The first kappa shape index (κ1) is 11.8. The lowest BCUT2D eigenvalue weighted by Gasteiger charge is -2.17. The van der Waals surface area contributed by atoms with E-state index in [0.29, 0.717) is 16.3 Å². The Hall–Kier alpha value is -0.250. The number of pyridine rings is 1. The number of thioether (sulfide) groups is 1. The monoisotopic (exact) mass is 230 g/mol. The first-order chi connectivity index (χ1) is 6.63. The van der Waals surface area contributed by atoms with Gasteiger partial charge in [0.2, 0.25) is 0 Å². The molecular weight excluding hydrogens is 216 g/mol. The summed E-state index contributed by atoms with van der Waals surface area (Å²) >= 11 is 7.51. The van der Waals surface area contributed by atoms with Crippen molar-refractivity contribution in [2.75, 3.05) is 7.05 Å². The highest BCUT2D eigenvalue weighted by Crippen LogP contribution is 2.23. The molecule has 0 aliphatic heterocycles.